The average Bonchev–Trinajstić information content (AvgIpc) is 3.23. The van der Waals surface area contributed by atoms with Gasteiger partial charge in [0.15, 0.2) is 0 Å². The molecule has 0 aromatic carbocycles. The van der Waals surface area contributed by atoms with Gasteiger partial charge in [0, 0.05) is 12.8 Å². The molecular formula is C52H99NO6. The van der Waals surface area contributed by atoms with E-state index in [2.05, 4.69) is 25.8 Å². The van der Waals surface area contributed by atoms with Gasteiger partial charge in [-0.15, -0.1) is 0 Å². The molecule has 0 aromatic heterocycles. The molecule has 1 rings (SSSR count). The molecule has 348 valence electrons. The highest BCUT2D eigenvalue weighted by atomic mass is 16.5. The molecule has 0 saturated carbocycles. The van der Waals surface area contributed by atoms with E-state index in [1.165, 1.54) is 161 Å². The molecule has 0 aromatic rings. The molecular weight excluding hydrogens is 735 g/mol. The van der Waals surface area contributed by atoms with E-state index in [0.29, 0.717) is 38.6 Å². The Hall–Kier alpha value is -1.63. The number of hydrogen-bond acceptors (Lipinski definition) is 7. The topological polar surface area (TPSA) is 82.1 Å². The second-order valence-electron chi connectivity index (χ2n) is 18.5. The van der Waals surface area contributed by atoms with Crippen molar-refractivity contribution in [2.75, 3.05) is 40.0 Å². The zero-order valence-corrected chi connectivity index (χ0v) is 39.7. The van der Waals surface area contributed by atoms with Crippen LogP contribution in [0.1, 0.15) is 264 Å². The lowest BCUT2D eigenvalue weighted by Crippen LogP contribution is -2.34. The normalized spacial score (nSPS) is 13.6. The van der Waals surface area contributed by atoms with Crippen molar-refractivity contribution in [3.05, 3.63) is 0 Å². The molecule has 7 heteroatoms. The second kappa shape index (κ2) is 43.0. The molecule has 0 atom stereocenters. The van der Waals surface area contributed by atoms with Crippen molar-refractivity contribution >= 4 is 17.9 Å². The van der Waals surface area contributed by atoms with Crippen LogP contribution in [0, 0.1) is 11.8 Å². The molecule has 1 aliphatic heterocycles. The lowest BCUT2D eigenvalue weighted by atomic mass is 9.90. The van der Waals surface area contributed by atoms with E-state index < -0.39 is 0 Å². The van der Waals surface area contributed by atoms with E-state index in [1.54, 1.807) is 0 Å². The Bertz CT molecular complexity index is 882. The molecule has 1 saturated heterocycles. The zero-order valence-electron chi connectivity index (χ0n) is 39.7. The van der Waals surface area contributed by atoms with Crippen LogP contribution in [0.25, 0.3) is 0 Å². The van der Waals surface area contributed by atoms with Crippen molar-refractivity contribution < 1.29 is 28.6 Å². The molecule has 0 unspecified atom stereocenters. The first kappa shape index (κ1) is 55.4. The van der Waals surface area contributed by atoms with Gasteiger partial charge < -0.3 is 19.1 Å². The van der Waals surface area contributed by atoms with E-state index in [9.17, 15) is 14.4 Å². The Labute approximate surface area is 366 Å². The molecule has 59 heavy (non-hydrogen) atoms. The summed E-state index contributed by atoms with van der Waals surface area (Å²) in [7, 11) is 2.12. The molecule has 0 N–H and O–H groups in total. The van der Waals surface area contributed by atoms with Gasteiger partial charge in [0.05, 0.1) is 25.7 Å². The molecule has 1 fully saturated rings. The summed E-state index contributed by atoms with van der Waals surface area (Å²) >= 11 is 0. The standard InChI is InChI=1S/C52H99NO6/c1-4-6-8-10-12-14-16-18-20-22-30-39-50(54)57-45-33-26-24-28-36-48(38-32-35-47-59-52(56)49-41-43-53(3)44-42-49)37-29-25-27-34-46-58-51(55)40-31-23-21-19-17-15-13-11-9-7-5-2/h48-49H,4-47H2,1-3H3. The van der Waals surface area contributed by atoms with Gasteiger partial charge in [0.25, 0.3) is 0 Å². The maximum absolute atomic E-state index is 12.5. The zero-order chi connectivity index (χ0) is 42.7. The Kier molecular flexibility index (Phi) is 40.4. The van der Waals surface area contributed by atoms with E-state index in [1.807, 2.05) is 0 Å². The monoisotopic (exact) mass is 834 g/mol. The minimum absolute atomic E-state index is 0.00850. The third-order valence-electron chi connectivity index (χ3n) is 12.8. The first-order valence-electron chi connectivity index (χ1n) is 26.1. The Morgan fingerprint density at radius 2 is 0.729 bits per heavy atom. The number of rotatable bonds is 44. The fourth-order valence-corrected chi connectivity index (χ4v) is 8.66. The van der Waals surface area contributed by atoms with E-state index in [4.69, 9.17) is 14.2 Å². The molecule has 0 spiro atoms. The number of unbranched alkanes of at least 4 members (excludes halogenated alkanes) is 27. The summed E-state index contributed by atoms with van der Waals surface area (Å²) in [5.41, 5.74) is 0. The minimum atomic E-state index is -0.0178. The largest absolute Gasteiger partial charge is 0.466 e. The quantitative estimate of drug-likeness (QED) is 0.0343. The summed E-state index contributed by atoms with van der Waals surface area (Å²) in [6.45, 7) is 8.18. The molecule has 0 aliphatic carbocycles. The van der Waals surface area contributed by atoms with Gasteiger partial charge in [-0.25, -0.2) is 0 Å². The van der Waals surface area contributed by atoms with Gasteiger partial charge in [-0.05, 0) is 77.4 Å². The highest BCUT2D eigenvalue weighted by molar-refractivity contribution is 5.72. The van der Waals surface area contributed by atoms with E-state index in [0.717, 1.165) is 90.1 Å². The van der Waals surface area contributed by atoms with Crippen molar-refractivity contribution in [2.24, 2.45) is 11.8 Å². The lowest BCUT2D eigenvalue weighted by Gasteiger charge is -2.27. The number of carbonyl (C=O) groups excluding carboxylic acids is 3. The lowest BCUT2D eigenvalue weighted by molar-refractivity contribution is -0.150. The van der Waals surface area contributed by atoms with Crippen LogP contribution >= 0.6 is 0 Å². The van der Waals surface area contributed by atoms with Crippen molar-refractivity contribution in [1.29, 1.82) is 0 Å². The SMILES string of the molecule is CCCCCCCCCCCCCC(=O)OCCCCCCC(CCCCCCOC(=O)CCCCCCCCCCCCC)CCCCOC(=O)C1CCN(C)CC1. The maximum Gasteiger partial charge on any atom is 0.309 e. The van der Waals surface area contributed by atoms with Crippen molar-refractivity contribution in [1.82, 2.24) is 4.90 Å². The summed E-state index contributed by atoms with van der Waals surface area (Å²) < 4.78 is 16.8. The number of ether oxygens (including phenoxy) is 3. The van der Waals surface area contributed by atoms with Crippen molar-refractivity contribution in [3.8, 4) is 0 Å². The molecule has 1 aliphatic rings. The summed E-state index contributed by atoms with van der Waals surface area (Å²) in [4.78, 5) is 39.2. The van der Waals surface area contributed by atoms with Crippen LogP contribution in [0.3, 0.4) is 0 Å². The predicted molar refractivity (Wildman–Crippen MR) is 249 cm³/mol. The van der Waals surface area contributed by atoms with Crippen LogP contribution in [0.4, 0.5) is 0 Å². The number of nitrogens with zero attached hydrogens (tertiary/aromatic N) is 1. The molecule has 7 nitrogen and oxygen atoms in total. The van der Waals surface area contributed by atoms with Gasteiger partial charge in [0.1, 0.15) is 0 Å². The van der Waals surface area contributed by atoms with Crippen LogP contribution in [0.2, 0.25) is 0 Å². The third-order valence-corrected chi connectivity index (χ3v) is 12.8. The Morgan fingerprint density at radius 1 is 0.424 bits per heavy atom. The Balaban J connectivity index is 2.16. The summed E-state index contributed by atoms with van der Waals surface area (Å²) in [6, 6.07) is 0. The van der Waals surface area contributed by atoms with Gasteiger partial charge in [-0.1, -0.05) is 200 Å². The number of hydrogen-bond donors (Lipinski definition) is 0. The summed E-state index contributed by atoms with van der Waals surface area (Å²) in [5.74, 6) is 0.752. The first-order chi connectivity index (χ1) is 29.0. The van der Waals surface area contributed by atoms with E-state index >= 15 is 0 Å². The van der Waals surface area contributed by atoms with E-state index in [-0.39, 0.29) is 23.8 Å². The maximum atomic E-state index is 12.5. The average molecular weight is 834 g/mol. The van der Waals surface area contributed by atoms with Crippen LogP contribution in [-0.4, -0.2) is 62.8 Å². The van der Waals surface area contributed by atoms with Gasteiger partial charge in [-0.2, -0.15) is 0 Å². The second-order valence-corrected chi connectivity index (χ2v) is 18.5. The van der Waals surface area contributed by atoms with Crippen LogP contribution < -0.4 is 0 Å². The Morgan fingerprint density at radius 3 is 1.14 bits per heavy atom. The van der Waals surface area contributed by atoms with Gasteiger partial charge in [-0.3, -0.25) is 14.4 Å². The number of carbonyl (C=O) groups is 3. The number of likely N-dealkylation sites (tertiary alicyclic amines) is 1. The molecule has 0 bridgehead atoms. The molecule has 0 radical (unpaired) electrons. The summed E-state index contributed by atoms with van der Waals surface area (Å²) in [5, 5.41) is 0. The van der Waals surface area contributed by atoms with Crippen LogP contribution in [-0.2, 0) is 28.6 Å². The van der Waals surface area contributed by atoms with Crippen LogP contribution in [0.5, 0.6) is 0 Å². The first-order valence-corrected chi connectivity index (χ1v) is 26.1. The van der Waals surface area contributed by atoms with Crippen molar-refractivity contribution in [3.63, 3.8) is 0 Å². The summed E-state index contributed by atoms with van der Waals surface area (Å²) in [6.07, 6.45) is 46.1. The number of piperidine rings is 1. The third kappa shape index (κ3) is 37.8. The highest BCUT2D eigenvalue weighted by Crippen LogP contribution is 2.24. The predicted octanol–water partition coefficient (Wildman–Crippen LogP) is 15.0. The van der Waals surface area contributed by atoms with Crippen LogP contribution in [0.15, 0.2) is 0 Å². The fraction of sp³-hybridized carbons (Fsp3) is 0.942. The van der Waals surface area contributed by atoms with Gasteiger partial charge >= 0.3 is 17.9 Å². The fourth-order valence-electron chi connectivity index (χ4n) is 8.66. The van der Waals surface area contributed by atoms with Crippen molar-refractivity contribution in [2.45, 2.75) is 264 Å². The number of esters is 3. The van der Waals surface area contributed by atoms with Gasteiger partial charge in [0.2, 0.25) is 0 Å². The highest BCUT2D eigenvalue weighted by Gasteiger charge is 2.24. The minimum Gasteiger partial charge on any atom is -0.466 e. The smallest absolute Gasteiger partial charge is 0.309 e. The molecule has 0 amide bonds. The molecule has 1 heterocycles.